The van der Waals surface area contributed by atoms with Gasteiger partial charge in [-0.2, -0.15) is 0 Å². The number of aryl methyl sites for hydroxylation is 1. The van der Waals surface area contributed by atoms with Gasteiger partial charge in [0, 0.05) is 36.5 Å². The van der Waals surface area contributed by atoms with Crippen LogP contribution in [0.2, 0.25) is 0 Å². The first kappa shape index (κ1) is 17.0. The molecule has 0 N–H and O–H groups in total. The number of amides is 1. The Morgan fingerprint density at radius 3 is 2.77 bits per heavy atom. The normalized spacial score (nSPS) is 13.8. The van der Waals surface area contributed by atoms with E-state index in [1.807, 2.05) is 23.1 Å². The van der Waals surface area contributed by atoms with Crippen LogP contribution in [0.1, 0.15) is 61.4 Å². The van der Waals surface area contributed by atoms with Crippen LogP contribution in [0, 0.1) is 0 Å². The molecule has 4 heteroatoms. The summed E-state index contributed by atoms with van der Waals surface area (Å²) in [5.74, 6) is 0.845. The number of anilines is 1. The lowest BCUT2D eigenvalue weighted by Gasteiger charge is -2.30. The largest absolute Gasteiger partial charge is 0.312 e. The zero-order chi connectivity index (χ0) is 15.9. The monoisotopic (exact) mass is 321 g/mol. The Bertz CT molecular complexity index is 542. The summed E-state index contributed by atoms with van der Waals surface area (Å²) in [4.78, 5) is 26.3. The van der Waals surface area contributed by atoms with E-state index in [1.54, 1.807) is 0 Å². The fourth-order valence-corrected chi connectivity index (χ4v) is 3.00. The quantitative estimate of drug-likeness (QED) is 0.553. The van der Waals surface area contributed by atoms with Crippen molar-refractivity contribution in [1.82, 2.24) is 0 Å². The SMILES string of the molecule is CCCCC(=O)N1CCCc2cc(C(=O)CCCCl)ccc21. The molecule has 0 bridgehead atoms. The van der Waals surface area contributed by atoms with E-state index in [0.29, 0.717) is 25.1 Å². The Morgan fingerprint density at radius 2 is 2.05 bits per heavy atom. The van der Waals surface area contributed by atoms with E-state index in [2.05, 4.69) is 6.92 Å². The van der Waals surface area contributed by atoms with Crippen molar-refractivity contribution in [1.29, 1.82) is 0 Å². The second-order valence-electron chi connectivity index (χ2n) is 5.81. The molecule has 1 aliphatic rings. The second-order valence-corrected chi connectivity index (χ2v) is 6.19. The maximum Gasteiger partial charge on any atom is 0.226 e. The van der Waals surface area contributed by atoms with Gasteiger partial charge in [-0.3, -0.25) is 9.59 Å². The standard InChI is InChI=1S/C18H24ClNO2/c1-2-3-8-18(22)20-12-5-6-14-13-15(9-10-16(14)20)17(21)7-4-11-19/h9-10,13H,2-8,11-12H2,1H3. The highest BCUT2D eigenvalue weighted by Crippen LogP contribution is 2.29. The number of alkyl halides is 1. The smallest absolute Gasteiger partial charge is 0.226 e. The lowest BCUT2D eigenvalue weighted by atomic mass is 9.96. The van der Waals surface area contributed by atoms with Crippen LogP contribution in [-0.4, -0.2) is 24.1 Å². The van der Waals surface area contributed by atoms with Gasteiger partial charge < -0.3 is 4.90 Å². The maximum absolute atomic E-state index is 12.3. The third-order valence-electron chi connectivity index (χ3n) is 4.10. The minimum absolute atomic E-state index is 0.137. The Balaban J connectivity index is 2.15. The Kier molecular flexibility index (Phi) is 6.44. The fourth-order valence-electron chi connectivity index (χ4n) is 2.86. The summed E-state index contributed by atoms with van der Waals surface area (Å²) in [7, 11) is 0. The zero-order valence-electron chi connectivity index (χ0n) is 13.2. The molecule has 1 heterocycles. The van der Waals surface area contributed by atoms with Crippen molar-refractivity contribution in [2.75, 3.05) is 17.3 Å². The molecule has 0 unspecified atom stereocenters. The van der Waals surface area contributed by atoms with Gasteiger partial charge >= 0.3 is 0 Å². The van der Waals surface area contributed by atoms with E-state index >= 15 is 0 Å². The number of rotatable bonds is 7. The number of Topliss-reactive ketones (excluding diaryl/α,β-unsaturated/α-hetero) is 1. The van der Waals surface area contributed by atoms with Gasteiger partial charge in [0.25, 0.3) is 0 Å². The lowest BCUT2D eigenvalue weighted by Crippen LogP contribution is -2.35. The molecule has 0 atom stereocenters. The van der Waals surface area contributed by atoms with Crippen LogP contribution in [-0.2, 0) is 11.2 Å². The van der Waals surface area contributed by atoms with E-state index in [-0.39, 0.29) is 11.7 Å². The molecule has 0 aromatic heterocycles. The van der Waals surface area contributed by atoms with Gasteiger partial charge in [0.05, 0.1) is 0 Å². The topological polar surface area (TPSA) is 37.4 Å². The van der Waals surface area contributed by atoms with Crippen molar-refractivity contribution in [2.24, 2.45) is 0 Å². The number of hydrogen-bond acceptors (Lipinski definition) is 2. The Labute approximate surface area is 137 Å². The average molecular weight is 322 g/mol. The van der Waals surface area contributed by atoms with Crippen LogP contribution in [0.5, 0.6) is 0 Å². The van der Waals surface area contributed by atoms with E-state index in [9.17, 15) is 9.59 Å². The fraction of sp³-hybridized carbons (Fsp3) is 0.556. The summed E-state index contributed by atoms with van der Waals surface area (Å²) in [6, 6.07) is 5.75. The van der Waals surface area contributed by atoms with Gasteiger partial charge in [0.15, 0.2) is 5.78 Å². The summed E-state index contributed by atoms with van der Waals surface area (Å²) >= 11 is 5.65. The second kappa shape index (κ2) is 8.33. The van der Waals surface area contributed by atoms with Crippen LogP contribution in [0.15, 0.2) is 18.2 Å². The van der Waals surface area contributed by atoms with Crippen LogP contribution >= 0.6 is 11.6 Å². The summed E-state index contributed by atoms with van der Waals surface area (Å²) in [6.07, 6.45) is 5.65. The van der Waals surface area contributed by atoms with Gasteiger partial charge in [-0.1, -0.05) is 13.3 Å². The lowest BCUT2D eigenvalue weighted by molar-refractivity contribution is -0.118. The number of fused-ring (bicyclic) bond motifs is 1. The van der Waals surface area contributed by atoms with Crippen molar-refractivity contribution >= 4 is 29.0 Å². The molecule has 0 radical (unpaired) electrons. The molecular formula is C18H24ClNO2. The highest BCUT2D eigenvalue weighted by molar-refractivity contribution is 6.18. The van der Waals surface area contributed by atoms with Crippen LogP contribution < -0.4 is 4.90 Å². The van der Waals surface area contributed by atoms with Crippen molar-refractivity contribution < 1.29 is 9.59 Å². The summed E-state index contributed by atoms with van der Waals surface area (Å²) in [5.41, 5.74) is 2.85. The van der Waals surface area contributed by atoms with Crippen molar-refractivity contribution in [2.45, 2.75) is 51.9 Å². The van der Waals surface area contributed by atoms with Crippen molar-refractivity contribution in [3.63, 3.8) is 0 Å². The average Bonchev–Trinajstić information content (AvgIpc) is 2.56. The van der Waals surface area contributed by atoms with E-state index < -0.39 is 0 Å². The summed E-state index contributed by atoms with van der Waals surface area (Å²) < 4.78 is 0. The highest BCUT2D eigenvalue weighted by atomic mass is 35.5. The van der Waals surface area contributed by atoms with Crippen LogP contribution in [0.3, 0.4) is 0 Å². The number of benzene rings is 1. The van der Waals surface area contributed by atoms with Crippen molar-refractivity contribution in [3.05, 3.63) is 29.3 Å². The molecule has 1 aromatic carbocycles. The number of unbranched alkanes of at least 4 members (excludes halogenated alkanes) is 1. The number of carbonyl (C=O) groups excluding carboxylic acids is 2. The Morgan fingerprint density at radius 1 is 1.23 bits per heavy atom. The highest BCUT2D eigenvalue weighted by Gasteiger charge is 2.22. The molecule has 0 saturated carbocycles. The molecule has 0 fully saturated rings. The molecule has 2 rings (SSSR count). The molecular weight excluding hydrogens is 298 g/mol. The number of halogens is 1. The summed E-state index contributed by atoms with van der Waals surface area (Å²) in [5, 5.41) is 0. The number of carbonyl (C=O) groups is 2. The van der Waals surface area contributed by atoms with Gasteiger partial charge in [-0.25, -0.2) is 0 Å². The molecule has 1 amide bonds. The van der Waals surface area contributed by atoms with Crippen molar-refractivity contribution in [3.8, 4) is 0 Å². The molecule has 0 spiro atoms. The van der Waals surface area contributed by atoms with Crippen LogP contribution in [0.25, 0.3) is 0 Å². The maximum atomic E-state index is 12.3. The number of ketones is 1. The molecule has 0 aliphatic carbocycles. The predicted octanol–water partition coefficient (Wildman–Crippen LogP) is 4.36. The molecule has 0 saturated heterocycles. The molecule has 22 heavy (non-hydrogen) atoms. The predicted molar refractivity (Wildman–Crippen MR) is 90.9 cm³/mol. The minimum Gasteiger partial charge on any atom is -0.312 e. The van der Waals surface area contributed by atoms with Gasteiger partial charge in [0.2, 0.25) is 5.91 Å². The summed E-state index contributed by atoms with van der Waals surface area (Å²) in [6.45, 7) is 2.88. The molecule has 120 valence electrons. The zero-order valence-corrected chi connectivity index (χ0v) is 14.0. The number of hydrogen-bond donors (Lipinski definition) is 0. The third kappa shape index (κ3) is 4.10. The van der Waals surface area contributed by atoms with E-state index in [4.69, 9.17) is 11.6 Å². The molecule has 1 aliphatic heterocycles. The first-order chi connectivity index (χ1) is 10.7. The first-order valence-corrected chi connectivity index (χ1v) is 8.73. The van der Waals surface area contributed by atoms with Gasteiger partial charge in [0.1, 0.15) is 0 Å². The van der Waals surface area contributed by atoms with E-state index in [0.717, 1.165) is 49.0 Å². The number of nitrogens with zero attached hydrogens (tertiary/aromatic N) is 1. The molecule has 1 aromatic rings. The van der Waals surface area contributed by atoms with Gasteiger partial charge in [-0.15, -0.1) is 11.6 Å². The Hall–Kier alpha value is -1.35. The first-order valence-electron chi connectivity index (χ1n) is 8.19. The molecule has 3 nitrogen and oxygen atoms in total. The van der Waals surface area contributed by atoms with Crippen LogP contribution in [0.4, 0.5) is 5.69 Å². The third-order valence-corrected chi connectivity index (χ3v) is 4.37. The van der Waals surface area contributed by atoms with Gasteiger partial charge in [-0.05, 0) is 49.4 Å². The van der Waals surface area contributed by atoms with E-state index in [1.165, 1.54) is 0 Å². The minimum atomic E-state index is 0.137.